The highest BCUT2D eigenvalue weighted by Crippen LogP contribution is 2.32. The third-order valence-electron chi connectivity index (χ3n) is 7.40. The second kappa shape index (κ2) is 20.7. The summed E-state index contributed by atoms with van der Waals surface area (Å²) in [6, 6.07) is 5.63. The van der Waals surface area contributed by atoms with Crippen molar-refractivity contribution < 1.29 is 108 Å². The van der Waals surface area contributed by atoms with Crippen LogP contribution in [0.25, 0.3) is 0 Å². The largest absolute Gasteiger partial charge is 1.00 e. The lowest BCUT2D eigenvalue weighted by Crippen LogP contribution is -3.00. The molecule has 0 aromatic carbocycles. The minimum atomic E-state index is -1.40. The SMILES string of the molecule is CC(=O)OC[C@H]1O[C@@H]([n+]2cccc(C(=O)O)c2)[C@H](OC(C)=O)[C@@H]1OC(C)=O.CC(=O)OC[C@H]1O[C@@H]([n+]2cccc(C(=O)[O-])c2)[C@H](OC(C)=O)[C@@H]1OC(C)=O.[Cl-]. The molecule has 0 saturated carbocycles. The Bertz CT molecular complexity index is 1630. The summed E-state index contributed by atoms with van der Waals surface area (Å²) in [4.78, 5) is 90.6. The number of carboxylic acids is 2. The van der Waals surface area contributed by atoms with Crippen molar-refractivity contribution in [1.82, 2.24) is 0 Å². The van der Waals surface area contributed by atoms with Crippen molar-refractivity contribution in [2.75, 3.05) is 13.2 Å². The fourth-order valence-corrected chi connectivity index (χ4v) is 5.41. The van der Waals surface area contributed by atoms with Crippen LogP contribution in [0.1, 0.15) is 74.7 Å². The van der Waals surface area contributed by atoms with Gasteiger partial charge in [-0.1, -0.05) is 0 Å². The molecular formula is C34H39ClN2O18. The third-order valence-corrected chi connectivity index (χ3v) is 7.40. The average molecular weight is 799 g/mol. The first kappa shape index (κ1) is 45.4. The molecule has 0 unspecified atom stereocenters. The monoisotopic (exact) mass is 798 g/mol. The molecule has 1 N–H and O–H groups in total. The van der Waals surface area contributed by atoms with Crippen molar-refractivity contribution in [3.05, 3.63) is 60.2 Å². The quantitative estimate of drug-likeness (QED) is 0.121. The van der Waals surface area contributed by atoms with Gasteiger partial charge in [0.25, 0.3) is 0 Å². The molecule has 2 aliphatic rings. The van der Waals surface area contributed by atoms with Crippen molar-refractivity contribution in [3.63, 3.8) is 0 Å². The van der Waals surface area contributed by atoms with Gasteiger partial charge in [-0.05, 0) is 12.1 Å². The molecule has 300 valence electrons. The fourth-order valence-electron chi connectivity index (χ4n) is 5.41. The zero-order chi connectivity index (χ0) is 40.3. The van der Waals surface area contributed by atoms with E-state index in [2.05, 4.69) is 0 Å². The predicted octanol–water partition coefficient (Wildman–Crippen LogP) is -4.34. The Labute approximate surface area is 319 Å². The van der Waals surface area contributed by atoms with E-state index < -0.39 is 96.8 Å². The van der Waals surface area contributed by atoms with Gasteiger partial charge in [-0.2, -0.15) is 9.13 Å². The molecule has 0 radical (unpaired) electrons. The molecule has 2 aromatic heterocycles. The topological polar surface area (TPSA) is 261 Å². The van der Waals surface area contributed by atoms with Gasteiger partial charge in [-0.15, -0.1) is 0 Å². The molecule has 0 bridgehead atoms. The fraction of sp³-hybridized carbons (Fsp3) is 0.471. The van der Waals surface area contributed by atoms with Gasteiger partial charge in [0, 0.05) is 53.7 Å². The number of ether oxygens (including phenoxy) is 8. The molecule has 2 aliphatic heterocycles. The highest BCUT2D eigenvalue weighted by Gasteiger charge is 2.56. The lowest BCUT2D eigenvalue weighted by Gasteiger charge is -2.21. The smallest absolute Gasteiger partial charge is 0.341 e. The van der Waals surface area contributed by atoms with E-state index in [0.717, 1.165) is 0 Å². The van der Waals surface area contributed by atoms with E-state index >= 15 is 0 Å². The van der Waals surface area contributed by atoms with Crippen LogP contribution in [-0.4, -0.2) is 103 Å². The first-order valence-corrected chi connectivity index (χ1v) is 16.1. The molecule has 2 fully saturated rings. The molecule has 20 nitrogen and oxygen atoms in total. The molecule has 0 amide bonds. The number of esters is 6. The molecule has 0 aliphatic carbocycles. The van der Waals surface area contributed by atoms with E-state index in [4.69, 9.17) is 43.0 Å². The van der Waals surface area contributed by atoms with E-state index in [0.29, 0.717) is 0 Å². The summed E-state index contributed by atoms with van der Waals surface area (Å²) >= 11 is 0. The first-order valence-electron chi connectivity index (χ1n) is 16.1. The van der Waals surface area contributed by atoms with Gasteiger partial charge in [0.05, 0.1) is 11.5 Å². The normalized spacial score (nSPS) is 23.7. The maximum absolute atomic E-state index is 11.5. The highest BCUT2D eigenvalue weighted by molar-refractivity contribution is 5.86. The number of hydrogen-bond acceptors (Lipinski definition) is 17. The second-order valence-electron chi connectivity index (χ2n) is 11.7. The van der Waals surface area contributed by atoms with E-state index in [1.807, 2.05) is 0 Å². The number of carbonyl (C=O) groups excluding carboxylic acids is 7. The number of hydrogen-bond donors (Lipinski definition) is 1. The van der Waals surface area contributed by atoms with Crippen LogP contribution < -0.4 is 26.6 Å². The molecule has 21 heteroatoms. The summed E-state index contributed by atoms with van der Waals surface area (Å²) in [6.07, 6.45) is -2.56. The van der Waals surface area contributed by atoms with Gasteiger partial charge < -0.3 is 65.3 Å². The van der Waals surface area contributed by atoms with Crippen molar-refractivity contribution in [3.8, 4) is 0 Å². The lowest BCUT2D eigenvalue weighted by molar-refractivity contribution is -0.765. The third kappa shape index (κ3) is 13.3. The zero-order valence-electron chi connectivity index (χ0n) is 30.3. The van der Waals surface area contributed by atoms with Crippen molar-refractivity contribution in [2.45, 2.75) is 90.6 Å². The Morgan fingerprint density at radius 2 is 0.945 bits per heavy atom. The zero-order valence-corrected chi connectivity index (χ0v) is 31.1. The van der Waals surface area contributed by atoms with Crippen LogP contribution in [0.3, 0.4) is 0 Å². The Kier molecular flexibility index (Phi) is 17.1. The Morgan fingerprint density at radius 1 is 0.600 bits per heavy atom. The van der Waals surface area contributed by atoms with Gasteiger partial charge in [-0.25, -0.2) is 4.79 Å². The molecular weight excluding hydrogens is 760 g/mol. The number of pyridine rings is 2. The van der Waals surface area contributed by atoms with E-state index in [1.165, 1.54) is 99.7 Å². The average Bonchev–Trinajstić information content (AvgIpc) is 3.58. The Hall–Kier alpha value is -5.73. The standard InChI is InChI=1S/2C17H19NO9.ClH/c2*1-9(19)24-8-13-14(25-10(2)20)15(26-11(3)21)16(27-13)18-6-4-5-12(7-18)17(22)23;/h2*4-7,13-16H,8H2,1-3H3;1H/t2*13-,14-,15-,16-;/m11./s1. The number of aromatic nitrogens is 2. The number of halogens is 1. The van der Waals surface area contributed by atoms with Crippen molar-refractivity contribution in [2.24, 2.45) is 0 Å². The summed E-state index contributed by atoms with van der Waals surface area (Å²) in [7, 11) is 0. The molecule has 2 aromatic rings. The maximum atomic E-state index is 11.5. The van der Waals surface area contributed by atoms with Crippen LogP contribution in [0.5, 0.6) is 0 Å². The van der Waals surface area contributed by atoms with Crippen LogP contribution in [0.2, 0.25) is 0 Å². The van der Waals surface area contributed by atoms with Crippen molar-refractivity contribution in [1.29, 1.82) is 0 Å². The van der Waals surface area contributed by atoms with Gasteiger partial charge >= 0.3 is 54.2 Å². The molecule has 4 rings (SSSR count). The molecule has 4 heterocycles. The van der Waals surface area contributed by atoms with Crippen molar-refractivity contribution >= 4 is 47.8 Å². The van der Waals surface area contributed by atoms with Crippen LogP contribution in [0.4, 0.5) is 0 Å². The lowest BCUT2D eigenvalue weighted by atomic mass is 10.1. The van der Waals surface area contributed by atoms with Crippen LogP contribution >= 0.6 is 0 Å². The predicted molar refractivity (Wildman–Crippen MR) is 168 cm³/mol. The van der Waals surface area contributed by atoms with Gasteiger partial charge in [-0.3, -0.25) is 28.8 Å². The molecule has 55 heavy (non-hydrogen) atoms. The first-order chi connectivity index (χ1) is 25.4. The summed E-state index contributed by atoms with van der Waals surface area (Å²) in [5, 5.41) is 20.3. The minimum Gasteiger partial charge on any atom is -1.00 e. The van der Waals surface area contributed by atoms with E-state index in [-0.39, 0.29) is 36.7 Å². The van der Waals surface area contributed by atoms with Gasteiger partial charge in [0.1, 0.15) is 31.0 Å². The maximum Gasteiger partial charge on any atom is 0.341 e. The van der Waals surface area contributed by atoms with Crippen LogP contribution in [-0.2, 0) is 66.7 Å². The van der Waals surface area contributed by atoms with E-state index in [1.54, 1.807) is 0 Å². The number of rotatable bonds is 12. The Morgan fingerprint density at radius 3 is 1.27 bits per heavy atom. The summed E-state index contributed by atoms with van der Waals surface area (Å²) in [5.41, 5.74) is -0.148. The van der Waals surface area contributed by atoms with Gasteiger partial charge in [0.2, 0.25) is 12.2 Å². The molecule has 2 saturated heterocycles. The minimum absolute atomic E-state index is 0. The highest BCUT2D eigenvalue weighted by atomic mass is 35.5. The van der Waals surface area contributed by atoms with Crippen LogP contribution in [0.15, 0.2) is 49.1 Å². The number of aromatic carboxylic acids is 2. The number of carboxylic acid groups (broad SMARTS) is 2. The van der Waals surface area contributed by atoms with Gasteiger partial charge in [0.15, 0.2) is 37.0 Å². The Balaban J connectivity index is 0.000000373. The summed E-state index contributed by atoms with van der Waals surface area (Å²) in [5.74, 6) is -6.28. The number of carbonyl (C=O) groups is 8. The molecule has 8 atom stereocenters. The second-order valence-corrected chi connectivity index (χ2v) is 11.7. The van der Waals surface area contributed by atoms with E-state index in [9.17, 15) is 43.5 Å². The summed E-state index contributed by atoms with van der Waals surface area (Å²) < 4.78 is 45.2. The molecule has 0 spiro atoms. The summed E-state index contributed by atoms with van der Waals surface area (Å²) in [6.45, 7) is 6.63. The van der Waals surface area contributed by atoms with Crippen LogP contribution in [0, 0.1) is 0 Å². The number of nitrogens with zero attached hydrogens (tertiary/aromatic N) is 2.